The Labute approximate surface area is 150 Å². The Morgan fingerprint density at radius 2 is 2.32 bits per heavy atom. The summed E-state index contributed by atoms with van der Waals surface area (Å²) in [6.07, 6.45) is 4.61. The molecule has 0 aliphatic carbocycles. The van der Waals surface area contributed by atoms with Crippen LogP contribution in [0.15, 0.2) is 24.8 Å². The van der Waals surface area contributed by atoms with Gasteiger partial charge in [-0.15, -0.1) is 6.58 Å². The third kappa shape index (κ3) is 4.00. The van der Waals surface area contributed by atoms with E-state index >= 15 is 0 Å². The highest BCUT2D eigenvalue weighted by molar-refractivity contribution is 5.49. The molecule has 1 aromatic carbocycles. The van der Waals surface area contributed by atoms with Gasteiger partial charge in [-0.1, -0.05) is 19.1 Å². The number of phenols is 1. The average Bonchev–Trinajstić information content (AvgIpc) is 3.04. The number of methoxy groups -OCH3 is 1. The van der Waals surface area contributed by atoms with Gasteiger partial charge < -0.3 is 19.3 Å². The van der Waals surface area contributed by atoms with E-state index in [1.54, 1.807) is 13.2 Å². The second kappa shape index (κ2) is 7.77. The summed E-state index contributed by atoms with van der Waals surface area (Å²) in [6, 6.07) is 3.98. The summed E-state index contributed by atoms with van der Waals surface area (Å²) in [7, 11) is 1.59. The van der Waals surface area contributed by atoms with E-state index in [0.717, 1.165) is 50.2 Å². The molecule has 0 aromatic heterocycles. The normalized spacial score (nSPS) is 26.9. The van der Waals surface area contributed by atoms with Gasteiger partial charge in [-0.25, -0.2) is 0 Å². The molecule has 1 aromatic rings. The van der Waals surface area contributed by atoms with E-state index < -0.39 is 0 Å². The van der Waals surface area contributed by atoms with Gasteiger partial charge in [0.05, 0.1) is 19.8 Å². The second-order valence-corrected chi connectivity index (χ2v) is 7.10. The summed E-state index contributed by atoms with van der Waals surface area (Å²) in [6.45, 7) is 10.0. The summed E-state index contributed by atoms with van der Waals surface area (Å²) >= 11 is 0. The van der Waals surface area contributed by atoms with Crippen LogP contribution in [0.25, 0.3) is 0 Å². The van der Waals surface area contributed by atoms with Crippen LogP contribution in [0.1, 0.15) is 30.9 Å². The van der Waals surface area contributed by atoms with Crippen LogP contribution in [-0.2, 0) is 22.4 Å². The fourth-order valence-electron chi connectivity index (χ4n) is 3.87. The molecular weight excluding hydrogens is 318 g/mol. The van der Waals surface area contributed by atoms with E-state index in [-0.39, 0.29) is 17.5 Å². The number of rotatable bonds is 6. The smallest absolute Gasteiger partial charge is 0.161 e. The zero-order chi connectivity index (χ0) is 17.9. The first kappa shape index (κ1) is 18.2. The van der Waals surface area contributed by atoms with Gasteiger partial charge in [-0.05, 0) is 24.5 Å². The quantitative estimate of drug-likeness (QED) is 0.802. The van der Waals surface area contributed by atoms with Crippen LogP contribution < -0.4 is 4.74 Å². The van der Waals surface area contributed by atoms with E-state index in [0.29, 0.717) is 18.8 Å². The maximum Gasteiger partial charge on any atom is 0.161 e. The zero-order valence-electron chi connectivity index (χ0n) is 15.3. The molecule has 2 heterocycles. The monoisotopic (exact) mass is 347 g/mol. The number of ether oxygens (including phenoxy) is 3. The molecule has 2 aliphatic heterocycles. The highest BCUT2D eigenvalue weighted by atomic mass is 16.6. The molecule has 25 heavy (non-hydrogen) atoms. The molecular formula is C20H29NO4. The summed E-state index contributed by atoms with van der Waals surface area (Å²) in [4.78, 5) is 2.44. The molecule has 0 saturated carbocycles. The number of phenolic OH excluding ortho intramolecular Hbond substituents is 1. The van der Waals surface area contributed by atoms with Gasteiger partial charge in [0.1, 0.15) is 5.60 Å². The highest BCUT2D eigenvalue weighted by Gasteiger charge is 2.43. The molecule has 5 heteroatoms. The Hall–Kier alpha value is -1.56. The number of allylic oxidation sites excluding steroid dienone is 1. The molecule has 1 N–H and O–H groups in total. The zero-order valence-corrected chi connectivity index (χ0v) is 15.3. The van der Waals surface area contributed by atoms with Crippen molar-refractivity contribution >= 4 is 0 Å². The van der Waals surface area contributed by atoms with Crippen LogP contribution >= 0.6 is 0 Å². The third-order valence-electron chi connectivity index (χ3n) is 5.12. The first-order chi connectivity index (χ1) is 12.1. The molecule has 0 amide bonds. The summed E-state index contributed by atoms with van der Waals surface area (Å²) in [5.41, 5.74) is 1.82. The van der Waals surface area contributed by atoms with E-state index in [2.05, 4.69) is 18.4 Å². The minimum Gasteiger partial charge on any atom is -0.504 e. The van der Waals surface area contributed by atoms with Crippen LogP contribution in [0.4, 0.5) is 0 Å². The number of nitrogens with zero attached hydrogens (tertiary/aromatic N) is 1. The van der Waals surface area contributed by atoms with Crippen molar-refractivity contribution in [3.05, 3.63) is 35.9 Å². The van der Waals surface area contributed by atoms with Crippen LogP contribution in [0, 0.1) is 0 Å². The molecule has 0 unspecified atom stereocenters. The van der Waals surface area contributed by atoms with Crippen molar-refractivity contribution in [3.8, 4) is 11.5 Å². The van der Waals surface area contributed by atoms with Crippen LogP contribution in [0.2, 0.25) is 0 Å². The average molecular weight is 347 g/mol. The van der Waals surface area contributed by atoms with Gasteiger partial charge in [0, 0.05) is 38.2 Å². The van der Waals surface area contributed by atoms with Crippen LogP contribution in [-0.4, -0.2) is 55.1 Å². The third-order valence-corrected chi connectivity index (χ3v) is 5.12. The summed E-state index contributed by atoms with van der Waals surface area (Å²) in [5.74, 6) is 0.730. The fourth-order valence-corrected chi connectivity index (χ4v) is 3.87. The number of aromatic hydroxyl groups is 1. The number of morpholine rings is 1. The molecule has 0 radical (unpaired) electrons. The van der Waals surface area contributed by atoms with Crippen molar-refractivity contribution in [1.29, 1.82) is 0 Å². The standard InChI is InChI=1S/C20H29NO4/c1-4-6-16-9-15(10-18(23-3)19(16)22)11-21-12-17(5-2)25-20(13-21)7-8-24-14-20/h4,9-10,17,22H,1,5-8,11-14H2,2-3H3/t17-,20-/m0/s1. The fraction of sp³-hybridized carbons (Fsp3) is 0.600. The van der Waals surface area contributed by atoms with Gasteiger partial charge in [0.25, 0.3) is 0 Å². The Morgan fingerprint density at radius 1 is 1.48 bits per heavy atom. The number of hydrogen-bond donors (Lipinski definition) is 1. The molecule has 138 valence electrons. The lowest BCUT2D eigenvalue weighted by molar-refractivity contribution is -0.156. The van der Waals surface area contributed by atoms with Crippen LogP contribution in [0.5, 0.6) is 11.5 Å². The maximum absolute atomic E-state index is 10.3. The predicted octanol–water partition coefficient (Wildman–Crippen LogP) is 2.90. The summed E-state index contributed by atoms with van der Waals surface area (Å²) in [5, 5.41) is 10.3. The minimum atomic E-state index is -0.163. The maximum atomic E-state index is 10.3. The van der Waals surface area contributed by atoms with E-state index in [1.807, 2.05) is 12.1 Å². The molecule has 2 aliphatic rings. The molecule has 2 atom stereocenters. The van der Waals surface area contributed by atoms with Gasteiger partial charge in [0.2, 0.25) is 0 Å². The largest absolute Gasteiger partial charge is 0.504 e. The van der Waals surface area contributed by atoms with Gasteiger partial charge in [-0.2, -0.15) is 0 Å². The number of benzene rings is 1. The molecule has 3 rings (SSSR count). The van der Waals surface area contributed by atoms with Crippen molar-refractivity contribution in [2.45, 2.75) is 44.4 Å². The first-order valence-electron chi connectivity index (χ1n) is 9.06. The molecule has 0 bridgehead atoms. The van der Waals surface area contributed by atoms with Crippen molar-refractivity contribution in [3.63, 3.8) is 0 Å². The Morgan fingerprint density at radius 3 is 2.96 bits per heavy atom. The van der Waals surface area contributed by atoms with E-state index in [9.17, 15) is 5.11 Å². The van der Waals surface area contributed by atoms with Crippen molar-refractivity contribution in [2.75, 3.05) is 33.4 Å². The van der Waals surface area contributed by atoms with Gasteiger partial charge in [-0.3, -0.25) is 4.90 Å². The lowest BCUT2D eigenvalue weighted by Crippen LogP contribution is -2.55. The van der Waals surface area contributed by atoms with Crippen molar-refractivity contribution in [1.82, 2.24) is 4.90 Å². The van der Waals surface area contributed by atoms with Gasteiger partial charge in [0.15, 0.2) is 11.5 Å². The lowest BCUT2D eigenvalue weighted by Gasteiger charge is -2.43. The van der Waals surface area contributed by atoms with E-state index in [1.165, 1.54) is 0 Å². The first-order valence-corrected chi connectivity index (χ1v) is 9.06. The lowest BCUT2D eigenvalue weighted by atomic mass is 9.97. The highest BCUT2D eigenvalue weighted by Crippen LogP contribution is 2.35. The van der Waals surface area contributed by atoms with Crippen molar-refractivity contribution < 1.29 is 19.3 Å². The topological polar surface area (TPSA) is 51.2 Å². The van der Waals surface area contributed by atoms with Gasteiger partial charge >= 0.3 is 0 Å². The number of hydrogen-bond acceptors (Lipinski definition) is 5. The SMILES string of the molecule is C=CCc1cc(CN2C[C@H](CC)O[C@@]3(CCOC3)C2)cc(OC)c1O. The van der Waals surface area contributed by atoms with E-state index in [4.69, 9.17) is 14.2 Å². The van der Waals surface area contributed by atoms with Crippen molar-refractivity contribution in [2.24, 2.45) is 0 Å². The molecule has 1 spiro atoms. The minimum absolute atomic E-state index is 0.163. The van der Waals surface area contributed by atoms with Crippen LogP contribution in [0.3, 0.4) is 0 Å². The summed E-state index contributed by atoms with van der Waals surface area (Å²) < 4.78 is 17.3. The predicted molar refractivity (Wildman–Crippen MR) is 97.2 cm³/mol. The molecule has 2 saturated heterocycles. The Bertz CT molecular complexity index is 610. The Kier molecular flexibility index (Phi) is 5.67. The molecule has 2 fully saturated rings. The molecule has 5 nitrogen and oxygen atoms in total. The Balaban J connectivity index is 1.80. The second-order valence-electron chi connectivity index (χ2n) is 7.10.